The fourth-order valence-corrected chi connectivity index (χ4v) is 4.52. The zero-order valence-corrected chi connectivity index (χ0v) is 13.3. The van der Waals surface area contributed by atoms with Crippen LogP contribution in [0, 0.1) is 0 Å². The van der Waals surface area contributed by atoms with Gasteiger partial charge < -0.3 is 10.3 Å². The highest BCUT2D eigenvalue weighted by Gasteiger charge is 2.24. The number of para-hydroxylation sites is 1. The minimum Gasteiger partial charge on any atom is -0.349 e. The van der Waals surface area contributed by atoms with Crippen LogP contribution in [0.1, 0.15) is 23.5 Å². The van der Waals surface area contributed by atoms with Gasteiger partial charge in [-0.15, -0.1) is 11.8 Å². The van der Waals surface area contributed by atoms with E-state index in [-0.39, 0.29) is 0 Å². The van der Waals surface area contributed by atoms with Crippen molar-refractivity contribution in [3.63, 3.8) is 0 Å². The maximum Gasteiger partial charge on any atom is 0.0768 e. The summed E-state index contributed by atoms with van der Waals surface area (Å²) in [5.41, 5.74) is 4.15. The van der Waals surface area contributed by atoms with E-state index in [4.69, 9.17) is 0 Å². The van der Waals surface area contributed by atoms with Gasteiger partial charge in [-0.25, -0.2) is 0 Å². The molecule has 2 nitrogen and oxygen atoms in total. The topological polar surface area (TPSA) is 27.8 Å². The lowest BCUT2D eigenvalue weighted by Crippen LogP contribution is -2.23. The third kappa shape index (κ3) is 2.67. The Balaban J connectivity index is 1.52. The molecule has 2 aromatic carbocycles. The highest BCUT2D eigenvalue weighted by atomic mass is 32.2. The number of hydrogen-bond donors (Lipinski definition) is 2. The van der Waals surface area contributed by atoms with Gasteiger partial charge >= 0.3 is 0 Å². The fraction of sp³-hybridized carbons (Fsp3) is 0.263. The van der Waals surface area contributed by atoms with Crippen molar-refractivity contribution in [2.45, 2.75) is 23.9 Å². The summed E-state index contributed by atoms with van der Waals surface area (Å²) in [5.74, 6) is 1.81. The summed E-state index contributed by atoms with van der Waals surface area (Å²) in [7, 11) is 0. The van der Waals surface area contributed by atoms with Crippen LogP contribution in [0.25, 0.3) is 10.9 Å². The van der Waals surface area contributed by atoms with Gasteiger partial charge in [-0.1, -0.05) is 48.5 Å². The SMILES string of the molecule is c1ccc(CNCC2CCSc3[nH]c4ccccc4c32)cc1. The molecule has 4 rings (SSSR count). The lowest BCUT2D eigenvalue weighted by atomic mass is 9.95. The van der Waals surface area contributed by atoms with Crippen molar-refractivity contribution in [2.75, 3.05) is 12.3 Å². The van der Waals surface area contributed by atoms with Gasteiger partial charge in [0.25, 0.3) is 0 Å². The molecule has 1 aliphatic heterocycles. The minimum atomic E-state index is 0.608. The molecule has 0 aliphatic carbocycles. The highest BCUT2D eigenvalue weighted by Crippen LogP contribution is 2.41. The molecule has 1 aliphatic rings. The summed E-state index contributed by atoms with van der Waals surface area (Å²) in [6.45, 7) is 1.99. The third-order valence-corrected chi connectivity index (χ3v) is 5.44. The Kier molecular flexibility index (Phi) is 3.92. The molecule has 0 saturated heterocycles. The third-order valence-electron chi connectivity index (χ3n) is 4.39. The molecular weight excluding hydrogens is 288 g/mol. The van der Waals surface area contributed by atoms with E-state index in [1.807, 2.05) is 11.8 Å². The van der Waals surface area contributed by atoms with E-state index in [0.29, 0.717) is 5.92 Å². The first-order valence-electron chi connectivity index (χ1n) is 7.90. The molecular formula is C19H20N2S. The van der Waals surface area contributed by atoms with Crippen molar-refractivity contribution >= 4 is 22.7 Å². The van der Waals surface area contributed by atoms with E-state index in [1.54, 1.807) is 0 Å². The number of benzene rings is 2. The number of aromatic amines is 1. The molecule has 0 spiro atoms. The summed E-state index contributed by atoms with van der Waals surface area (Å²) in [4.78, 5) is 3.59. The minimum absolute atomic E-state index is 0.608. The normalized spacial score (nSPS) is 17.5. The van der Waals surface area contributed by atoms with E-state index in [0.717, 1.165) is 13.1 Å². The van der Waals surface area contributed by atoms with Crippen LogP contribution >= 0.6 is 11.8 Å². The lowest BCUT2D eigenvalue weighted by molar-refractivity contribution is 0.563. The molecule has 0 saturated carbocycles. The molecule has 0 fully saturated rings. The molecule has 2 N–H and O–H groups in total. The summed E-state index contributed by atoms with van der Waals surface area (Å²) in [6, 6.07) is 19.3. The number of rotatable bonds is 4. The van der Waals surface area contributed by atoms with Crippen molar-refractivity contribution in [3.05, 3.63) is 65.7 Å². The molecule has 0 radical (unpaired) electrons. The predicted octanol–water partition coefficient (Wildman–Crippen LogP) is 4.54. The summed E-state index contributed by atoms with van der Waals surface area (Å²) < 4.78 is 0. The summed E-state index contributed by atoms with van der Waals surface area (Å²) in [6.07, 6.45) is 1.25. The molecule has 3 heteroatoms. The van der Waals surface area contributed by atoms with Crippen LogP contribution in [-0.4, -0.2) is 17.3 Å². The molecule has 3 aromatic rings. The number of fused-ring (bicyclic) bond motifs is 3. The van der Waals surface area contributed by atoms with Crippen LogP contribution in [0.2, 0.25) is 0 Å². The Labute approximate surface area is 135 Å². The molecule has 1 unspecified atom stereocenters. The average molecular weight is 308 g/mol. The Bertz CT molecular complexity index is 763. The molecule has 0 amide bonds. The molecule has 1 atom stereocenters. The van der Waals surface area contributed by atoms with Gasteiger partial charge in [-0.3, -0.25) is 0 Å². The second-order valence-corrected chi connectivity index (χ2v) is 6.97. The van der Waals surface area contributed by atoms with Crippen molar-refractivity contribution in [2.24, 2.45) is 0 Å². The van der Waals surface area contributed by atoms with Crippen LogP contribution in [-0.2, 0) is 6.54 Å². The number of nitrogens with one attached hydrogen (secondary N) is 2. The molecule has 0 bridgehead atoms. The first-order valence-corrected chi connectivity index (χ1v) is 8.88. The predicted molar refractivity (Wildman–Crippen MR) is 94.5 cm³/mol. The van der Waals surface area contributed by atoms with E-state index in [9.17, 15) is 0 Å². The zero-order valence-electron chi connectivity index (χ0n) is 12.5. The van der Waals surface area contributed by atoms with E-state index in [2.05, 4.69) is 64.9 Å². The molecule has 112 valence electrons. The van der Waals surface area contributed by atoms with Crippen molar-refractivity contribution in [3.8, 4) is 0 Å². The molecule has 2 heterocycles. The number of aromatic nitrogens is 1. The monoisotopic (exact) mass is 308 g/mol. The highest BCUT2D eigenvalue weighted by molar-refractivity contribution is 7.99. The maximum absolute atomic E-state index is 3.64. The van der Waals surface area contributed by atoms with Crippen LogP contribution in [0.4, 0.5) is 0 Å². The summed E-state index contributed by atoms with van der Waals surface area (Å²) >= 11 is 1.96. The lowest BCUT2D eigenvalue weighted by Gasteiger charge is -2.23. The molecule has 1 aromatic heterocycles. The second kappa shape index (κ2) is 6.19. The van der Waals surface area contributed by atoms with Gasteiger partial charge in [0.05, 0.1) is 5.03 Å². The van der Waals surface area contributed by atoms with Crippen LogP contribution < -0.4 is 5.32 Å². The van der Waals surface area contributed by atoms with Gasteiger partial charge in [-0.05, 0) is 23.6 Å². The van der Waals surface area contributed by atoms with Crippen LogP contribution in [0.5, 0.6) is 0 Å². The van der Waals surface area contributed by atoms with Crippen molar-refractivity contribution in [1.29, 1.82) is 0 Å². The van der Waals surface area contributed by atoms with E-state index >= 15 is 0 Å². The standard InChI is InChI=1S/C19H20N2S/c1-2-6-14(7-3-1)12-20-13-15-10-11-22-19-18(15)16-8-4-5-9-17(16)21-19/h1-9,15,20-21H,10-13H2. The van der Waals surface area contributed by atoms with Gasteiger partial charge in [0, 0.05) is 35.7 Å². The smallest absolute Gasteiger partial charge is 0.0768 e. The van der Waals surface area contributed by atoms with Crippen molar-refractivity contribution < 1.29 is 0 Å². The second-order valence-electron chi connectivity index (χ2n) is 5.86. The first-order chi connectivity index (χ1) is 10.9. The average Bonchev–Trinajstić information content (AvgIpc) is 2.95. The Hall–Kier alpha value is -1.71. The Morgan fingerprint density at radius 3 is 2.77 bits per heavy atom. The van der Waals surface area contributed by atoms with E-state index < -0.39 is 0 Å². The largest absolute Gasteiger partial charge is 0.349 e. The fourth-order valence-electron chi connectivity index (χ4n) is 3.30. The van der Waals surface area contributed by atoms with Gasteiger partial charge in [0.2, 0.25) is 0 Å². The van der Waals surface area contributed by atoms with Crippen LogP contribution in [0.3, 0.4) is 0 Å². The van der Waals surface area contributed by atoms with Crippen molar-refractivity contribution in [1.82, 2.24) is 10.3 Å². The quantitative estimate of drug-likeness (QED) is 0.740. The summed E-state index contributed by atoms with van der Waals surface area (Å²) in [5, 5.41) is 6.42. The van der Waals surface area contributed by atoms with Gasteiger partial charge in [0.1, 0.15) is 0 Å². The van der Waals surface area contributed by atoms with E-state index in [1.165, 1.54) is 39.2 Å². The first kappa shape index (κ1) is 13.9. The Morgan fingerprint density at radius 2 is 1.86 bits per heavy atom. The Morgan fingerprint density at radius 1 is 1.05 bits per heavy atom. The number of hydrogen-bond acceptors (Lipinski definition) is 2. The number of thioether (sulfide) groups is 1. The maximum atomic E-state index is 3.64. The van der Waals surface area contributed by atoms with Crippen LogP contribution in [0.15, 0.2) is 59.6 Å². The molecule has 22 heavy (non-hydrogen) atoms. The van der Waals surface area contributed by atoms with Gasteiger partial charge in [-0.2, -0.15) is 0 Å². The van der Waals surface area contributed by atoms with Gasteiger partial charge in [0.15, 0.2) is 0 Å². The number of H-pyrrole nitrogens is 1. The zero-order chi connectivity index (χ0) is 14.8.